The summed E-state index contributed by atoms with van der Waals surface area (Å²) in [4.78, 5) is 21.1. The van der Waals surface area contributed by atoms with Gasteiger partial charge >= 0.3 is 0 Å². The molecule has 0 aliphatic rings. The Hall–Kier alpha value is -2.99. The highest BCUT2D eigenvalue weighted by atomic mass is 79.9. The fraction of sp³-hybridized carbons (Fsp3) is 0.0500. The molecular formula is C20H15BrN4O. The van der Waals surface area contributed by atoms with Crippen molar-refractivity contribution in [1.82, 2.24) is 14.4 Å². The van der Waals surface area contributed by atoms with Crippen molar-refractivity contribution in [3.05, 3.63) is 82.9 Å². The van der Waals surface area contributed by atoms with Gasteiger partial charge in [0.15, 0.2) is 0 Å². The molecule has 3 heterocycles. The molecule has 0 saturated heterocycles. The number of pyridine rings is 2. The highest BCUT2D eigenvalue weighted by Gasteiger charge is 2.09. The van der Waals surface area contributed by atoms with Crippen LogP contribution in [0.5, 0.6) is 0 Å². The maximum atomic E-state index is 12.4. The van der Waals surface area contributed by atoms with E-state index in [1.165, 1.54) is 11.8 Å². The molecule has 1 amide bonds. The maximum Gasteiger partial charge on any atom is 0.257 e. The lowest BCUT2D eigenvalue weighted by atomic mass is 10.1. The largest absolute Gasteiger partial charge is 0.322 e. The Morgan fingerprint density at radius 1 is 1.12 bits per heavy atom. The second-order valence-corrected chi connectivity index (χ2v) is 6.94. The number of carbonyl (C=O) groups excluding carboxylic acids is 1. The van der Waals surface area contributed by atoms with Gasteiger partial charge in [0.1, 0.15) is 5.65 Å². The number of nitrogens with one attached hydrogen (secondary N) is 1. The number of hydrogen-bond donors (Lipinski definition) is 1. The molecule has 0 unspecified atom stereocenters. The summed E-state index contributed by atoms with van der Waals surface area (Å²) < 4.78 is 2.77. The van der Waals surface area contributed by atoms with Gasteiger partial charge in [-0.3, -0.25) is 9.78 Å². The van der Waals surface area contributed by atoms with Crippen molar-refractivity contribution in [2.45, 2.75) is 6.92 Å². The molecule has 0 bridgehead atoms. The predicted molar refractivity (Wildman–Crippen MR) is 105 cm³/mol. The first-order valence-corrected chi connectivity index (χ1v) is 8.85. The molecule has 128 valence electrons. The highest BCUT2D eigenvalue weighted by molar-refractivity contribution is 9.10. The van der Waals surface area contributed by atoms with Gasteiger partial charge in [0.25, 0.3) is 5.91 Å². The number of carbonyl (C=O) groups is 1. The van der Waals surface area contributed by atoms with Gasteiger partial charge in [-0.15, -0.1) is 0 Å². The molecule has 0 aliphatic heterocycles. The molecule has 1 N–H and O–H groups in total. The van der Waals surface area contributed by atoms with Crippen molar-refractivity contribution in [3.63, 3.8) is 0 Å². The minimum atomic E-state index is -0.207. The number of aromatic nitrogens is 3. The third-order valence-corrected chi connectivity index (χ3v) is 4.42. The topological polar surface area (TPSA) is 59.3 Å². The van der Waals surface area contributed by atoms with Crippen LogP contribution in [0.15, 0.2) is 71.7 Å². The lowest BCUT2D eigenvalue weighted by Crippen LogP contribution is -2.12. The van der Waals surface area contributed by atoms with Crippen LogP contribution in [0.4, 0.5) is 5.69 Å². The molecule has 5 nitrogen and oxygen atoms in total. The van der Waals surface area contributed by atoms with Crippen molar-refractivity contribution in [3.8, 4) is 11.3 Å². The third kappa shape index (κ3) is 3.36. The van der Waals surface area contributed by atoms with E-state index in [4.69, 9.17) is 0 Å². The normalized spacial score (nSPS) is 10.8. The number of halogens is 1. The summed E-state index contributed by atoms with van der Waals surface area (Å²) in [5.74, 6) is -0.207. The lowest BCUT2D eigenvalue weighted by Gasteiger charge is -2.06. The molecule has 0 saturated carbocycles. The van der Waals surface area contributed by atoms with Gasteiger partial charge in [0.05, 0.1) is 11.3 Å². The number of aryl methyl sites for hydroxylation is 1. The number of benzene rings is 1. The van der Waals surface area contributed by atoms with Crippen molar-refractivity contribution in [2.24, 2.45) is 0 Å². The maximum absolute atomic E-state index is 12.4. The average molecular weight is 407 g/mol. The van der Waals surface area contributed by atoms with E-state index in [0.29, 0.717) is 11.3 Å². The third-order valence-electron chi connectivity index (χ3n) is 3.98. The summed E-state index contributed by atoms with van der Waals surface area (Å²) in [6.45, 7) is 2.05. The second-order valence-electron chi connectivity index (χ2n) is 6.02. The van der Waals surface area contributed by atoms with Gasteiger partial charge in [-0.25, -0.2) is 4.98 Å². The number of amides is 1. The lowest BCUT2D eigenvalue weighted by molar-refractivity contribution is 0.102. The number of nitrogens with zero attached hydrogens (tertiary/aromatic N) is 3. The molecule has 0 spiro atoms. The smallest absolute Gasteiger partial charge is 0.257 e. The number of anilines is 1. The summed E-state index contributed by atoms with van der Waals surface area (Å²) >= 11 is 3.33. The van der Waals surface area contributed by atoms with Crippen LogP contribution < -0.4 is 5.32 Å². The summed E-state index contributed by atoms with van der Waals surface area (Å²) in [6, 6.07) is 13.4. The van der Waals surface area contributed by atoms with E-state index in [2.05, 4.69) is 31.2 Å². The van der Waals surface area contributed by atoms with E-state index >= 15 is 0 Å². The number of fused-ring (bicyclic) bond motifs is 1. The Balaban J connectivity index is 1.62. The molecule has 0 aliphatic carbocycles. The summed E-state index contributed by atoms with van der Waals surface area (Å²) in [5.41, 5.74) is 5.06. The van der Waals surface area contributed by atoms with E-state index < -0.39 is 0 Å². The Labute approximate surface area is 158 Å². The number of imidazole rings is 1. The molecule has 0 fully saturated rings. The molecule has 26 heavy (non-hydrogen) atoms. The molecule has 0 atom stereocenters. The molecule has 4 rings (SSSR count). The first-order valence-electron chi connectivity index (χ1n) is 8.06. The van der Waals surface area contributed by atoms with Crippen molar-refractivity contribution in [1.29, 1.82) is 0 Å². The zero-order valence-corrected chi connectivity index (χ0v) is 15.6. The van der Waals surface area contributed by atoms with E-state index in [1.807, 2.05) is 60.1 Å². The highest BCUT2D eigenvalue weighted by Crippen LogP contribution is 2.23. The van der Waals surface area contributed by atoms with E-state index in [-0.39, 0.29) is 5.91 Å². The van der Waals surface area contributed by atoms with Crippen molar-refractivity contribution < 1.29 is 4.79 Å². The minimum Gasteiger partial charge on any atom is -0.322 e. The molecule has 4 aromatic rings. The van der Waals surface area contributed by atoms with Crippen LogP contribution in [0.2, 0.25) is 0 Å². The summed E-state index contributed by atoms with van der Waals surface area (Å²) in [7, 11) is 0. The van der Waals surface area contributed by atoms with Gasteiger partial charge in [0, 0.05) is 40.5 Å². The molecule has 0 radical (unpaired) electrons. The Bertz CT molecular complexity index is 1120. The van der Waals surface area contributed by atoms with E-state index in [1.54, 1.807) is 12.3 Å². The number of rotatable bonds is 3. The van der Waals surface area contributed by atoms with Crippen molar-refractivity contribution in [2.75, 3.05) is 5.32 Å². The summed E-state index contributed by atoms with van der Waals surface area (Å²) in [5, 5.41) is 2.90. The van der Waals surface area contributed by atoms with Crippen molar-refractivity contribution >= 4 is 33.2 Å². The molecule has 3 aromatic heterocycles. The molecular weight excluding hydrogens is 392 g/mol. The second kappa shape index (κ2) is 6.72. The predicted octanol–water partition coefficient (Wildman–Crippen LogP) is 4.72. The first-order chi connectivity index (χ1) is 12.6. The standard InChI is InChI=1S/C20H15BrN4O/c1-13-5-6-19-24-18(12-25(19)11-13)14-3-2-4-17(8-14)23-20(26)15-7-16(21)10-22-9-15/h2-12H,1H3,(H,23,26). The van der Waals surface area contributed by atoms with E-state index in [9.17, 15) is 4.79 Å². The van der Waals surface area contributed by atoms with E-state index in [0.717, 1.165) is 21.4 Å². The Kier molecular flexibility index (Phi) is 4.26. The minimum absolute atomic E-state index is 0.207. The van der Waals surface area contributed by atoms with Gasteiger partial charge in [-0.05, 0) is 52.7 Å². The van der Waals surface area contributed by atoms with Crippen LogP contribution in [-0.4, -0.2) is 20.3 Å². The quantitative estimate of drug-likeness (QED) is 0.535. The SMILES string of the molecule is Cc1ccc2nc(-c3cccc(NC(=O)c4cncc(Br)c4)c3)cn2c1. The van der Waals surface area contributed by atoms with Gasteiger partial charge in [0.2, 0.25) is 0 Å². The van der Waals surface area contributed by atoms with Crippen LogP contribution in [0.25, 0.3) is 16.9 Å². The Morgan fingerprint density at radius 3 is 2.85 bits per heavy atom. The monoisotopic (exact) mass is 406 g/mol. The fourth-order valence-corrected chi connectivity index (χ4v) is 3.10. The summed E-state index contributed by atoms with van der Waals surface area (Å²) in [6.07, 6.45) is 7.20. The van der Waals surface area contributed by atoms with Gasteiger partial charge in [-0.1, -0.05) is 18.2 Å². The van der Waals surface area contributed by atoms with Crippen LogP contribution in [0.3, 0.4) is 0 Å². The molecule has 1 aromatic carbocycles. The zero-order chi connectivity index (χ0) is 18.1. The average Bonchev–Trinajstić information content (AvgIpc) is 3.05. The van der Waals surface area contributed by atoms with Crippen LogP contribution in [0, 0.1) is 6.92 Å². The van der Waals surface area contributed by atoms with Crippen LogP contribution in [0.1, 0.15) is 15.9 Å². The Morgan fingerprint density at radius 2 is 2.00 bits per heavy atom. The molecule has 6 heteroatoms. The zero-order valence-electron chi connectivity index (χ0n) is 14.0. The van der Waals surface area contributed by atoms with Gasteiger partial charge in [-0.2, -0.15) is 0 Å². The first kappa shape index (κ1) is 16.5. The fourth-order valence-electron chi connectivity index (χ4n) is 2.74. The van der Waals surface area contributed by atoms with Crippen LogP contribution in [-0.2, 0) is 0 Å². The van der Waals surface area contributed by atoms with Crippen LogP contribution >= 0.6 is 15.9 Å². The number of hydrogen-bond acceptors (Lipinski definition) is 3. The van der Waals surface area contributed by atoms with Gasteiger partial charge < -0.3 is 9.72 Å².